The minimum Gasteiger partial charge on any atom is -0.394 e. The highest BCUT2D eigenvalue weighted by Gasteiger charge is 2.54. The van der Waals surface area contributed by atoms with Crippen LogP contribution >= 0.6 is 0 Å². The van der Waals surface area contributed by atoms with Gasteiger partial charge in [-0.05, 0) is 35.2 Å². The smallest absolute Gasteiger partial charge is 0.242 e. The van der Waals surface area contributed by atoms with Crippen LogP contribution in [0.4, 0.5) is 0 Å². The average Bonchev–Trinajstić information content (AvgIpc) is 2.76. The summed E-state index contributed by atoms with van der Waals surface area (Å²) in [5.74, 6) is 6.74. The molecule has 2 saturated heterocycles. The van der Waals surface area contributed by atoms with Crippen molar-refractivity contribution in [2.45, 2.75) is 44.7 Å². The van der Waals surface area contributed by atoms with Gasteiger partial charge in [0.2, 0.25) is 11.8 Å². The van der Waals surface area contributed by atoms with Crippen LogP contribution in [0.5, 0.6) is 0 Å². The summed E-state index contributed by atoms with van der Waals surface area (Å²) in [6.45, 7) is 4.73. The van der Waals surface area contributed by atoms with Gasteiger partial charge in [-0.2, -0.15) is 0 Å². The number of amides is 2. The summed E-state index contributed by atoms with van der Waals surface area (Å²) in [7, 11) is 0. The average molecular weight is 432 g/mol. The Morgan fingerprint density at radius 2 is 2.03 bits per heavy atom. The highest BCUT2D eigenvalue weighted by Crippen LogP contribution is 2.42. The van der Waals surface area contributed by atoms with E-state index in [0.717, 1.165) is 23.1 Å². The fourth-order valence-electron chi connectivity index (χ4n) is 4.62. The lowest BCUT2D eigenvalue weighted by Gasteiger charge is -2.58. The van der Waals surface area contributed by atoms with Gasteiger partial charge in [0.1, 0.15) is 0 Å². The maximum absolute atomic E-state index is 12.8. The lowest BCUT2D eigenvalue weighted by Crippen LogP contribution is -2.73. The van der Waals surface area contributed by atoms with Crippen molar-refractivity contribution in [2.24, 2.45) is 5.92 Å². The van der Waals surface area contributed by atoms with Crippen molar-refractivity contribution in [1.82, 2.24) is 14.8 Å². The number of aliphatic hydroxyl groups is 1. The fraction of sp³-hybridized carbons (Fsp3) is 0.423. The molecule has 166 valence electrons. The predicted molar refractivity (Wildman–Crippen MR) is 122 cm³/mol. The Balaban J connectivity index is 1.48. The summed E-state index contributed by atoms with van der Waals surface area (Å²) in [6, 6.07) is 11.4. The molecule has 4 rings (SSSR count). The zero-order chi connectivity index (χ0) is 22.7. The minimum atomic E-state index is -0.249. The summed E-state index contributed by atoms with van der Waals surface area (Å²) in [5, 5.41) is 9.96. The van der Waals surface area contributed by atoms with Crippen LogP contribution in [-0.4, -0.2) is 63.5 Å². The Labute approximate surface area is 189 Å². The number of carbonyl (C=O) groups excluding carboxylic acids is 2. The number of pyridine rings is 1. The van der Waals surface area contributed by atoms with Gasteiger partial charge in [0.05, 0.1) is 31.7 Å². The van der Waals surface area contributed by atoms with Gasteiger partial charge in [-0.3, -0.25) is 14.6 Å². The van der Waals surface area contributed by atoms with E-state index in [4.69, 9.17) is 0 Å². The standard InChI is InChI=1S/C26H29N3O3/c1-18(2)5-3-6-19-8-10-21(11-9-19)26-22-15-28(16-25(32)29(22)23(26)17-30)24(31)13-20-7-4-12-27-14-20/h4,7-12,14,18,22-23,26,30H,5,13,15-17H2,1-2H3/t22-,23+,26-/m1/s1. The quantitative estimate of drug-likeness (QED) is 0.737. The number of aromatic nitrogens is 1. The van der Waals surface area contributed by atoms with Gasteiger partial charge in [-0.15, -0.1) is 0 Å². The molecule has 2 aliphatic rings. The van der Waals surface area contributed by atoms with Gasteiger partial charge >= 0.3 is 0 Å². The van der Waals surface area contributed by atoms with Gasteiger partial charge < -0.3 is 14.9 Å². The first-order valence-corrected chi connectivity index (χ1v) is 11.2. The maximum atomic E-state index is 12.8. The summed E-state index contributed by atoms with van der Waals surface area (Å²) in [4.78, 5) is 33.1. The van der Waals surface area contributed by atoms with E-state index in [2.05, 4.69) is 30.7 Å². The van der Waals surface area contributed by atoms with Crippen molar-refractivity contribution in [1.29, 1.82) is 0 Å². The molecular formula is C26H29N3O3. The zero-order valence-corrected chi connectivity index (χ0v) is 18.6. The van der Waals surface area contributed by atoms with Crippen LogP contribution in [0.25, 0.3) is 0 Å². The van der Waals surface area contributed by atoms with Crippen LogP contribution < -0.4 is 0 Å². The second-order valence-electron chi connectivity index (χ2n) is 8.98. The molecule has 0 spiro atoms. The fourth-order valence-corrected chi connectivity index (χ4v) is 4.62. The summed E-state index contributed by atoms with van der Waals surface area (Å²) < 4.78 is 0. The zero-order valence-electron chi connectivity index (χ0n) is 18.6. The molecule has 2 aromatic rings. The second-order valence-corrected chi connectivity index (χ2v) is 8.98. The number of piperazine rings is 1. The monoisotopic (exact) mass is 431 g/mol. The van der Waals surface area contributed by atoms with E-state index in [9.17, 15) is 14.7 Å². The molecule has 2 aliphatic heterocycles. The minimum absolute atomic E-state index is 0.00406. The van der Waals surface area contributed by atoms with Crippen LogP contribution in [0.15, 0.2) is 48.8 Å². The molecule has 1 N–H and O–H groups in total. The molecule has 3 atom stereocenters. The van der Waals surface area contributed by atoms with Crippen molar-refractivity contribution in [3.05, 3.63) is 65.5 Å². The summed E-state index contributed by atoms with van der Waals surface area (Å²) in [6.07, 6.45) is 4.44. The number of aliphatic hydroxyl groups excluding tert-OH is 1. The first-order valence-electron chi connectivity index (χ1n) is 11.2. The first kappa shape index (κ1) is 22.0. The van der Waals surface area contributed by atoms with Crippen LogP contribution in [0.1, 0.15) is 42.9 Å². The number of hydrogen-bond acceptors (Lipinski definition) is 4. The van der Waals surface area contributed by atoms with Gasteiger partial charge in [0.25, 0.3) is 0 Å². The molecule has 1 aromatic heterocycles. The normalized spacial score (nSPS) is 22.1. The molecular weight excluding hydrogens is 402 g/mol. The Kier molecular flexibility index (Phi) is 6.57. The molecule has 0 unspecified atom stereocenters. The predicted octanol–water partition coefficient (Wildman–Crippen LogP) is 2.22. The van der Waals surface area contributed by atoms with Gasteiger partial charge in [-0.1, -0.05) is 43.9 Å². The molecule has 0 bridgehead atoms. The number of benzene rings is 1. The van der Waals surface area contributed by atoms with Crippen LogP contribution in [-0.2, 0) is 16.0 Å². The van der Waals surface area contributed by atoms with E-state index >= 15 is 0 Å². The van der Waals surface area contributed by atoms with Gasteiger partial charge in [-0.25, -0.2) is 0 Å². The van der Waals surface area contributed by atoms with E-state index in [0.29, 0.717) is 12.5 Å². The van der Waals surface area contributed by atoms with Crippen molar-refractivity contribution in [3.63, 3.8) is 0 Å². The number of rotatable bonds is 5. The van der Waals surface area contributed by atoms with Crippen molar-refractivity contribution < 1.29 is 14.7 Å². The van der Waals surface area contributed by atoms with Crippen molar-refractivity contribution in [2.75, 3.05) is 19.7 Å². The molecule has 1 aromatic carbocycles. The van der Waals surface area contributed by atoms with Crippen LogP contribution in [0.2, 0.25) is 0 Å². The first-order chi connectivity index (χ1) is 15.5. The van der Waals surface area contributed by atoms with E-state index in [1.165, 1.54) is 0 Å². The molecule has 2 amide bonds. The molecule has 32 heavy (non-hydrogen) atoms. The Hall–Kier alpha value is -3.17. The largest absolute Gasteiger partial charge is 0.394 e. The maximum Gasteiger partial charge on any atom is 0.242 e. The lowest BCUT2D eigenvalue weighted by molar-refractivity contribution is -0.166. The Morgan fingerprint density at radius 3 is 2.69 bits per heavy atom. The highest BCUT2D eigenvalue weighted by atomic mass is 16.3. The summed E-state index contributed by atoms with van der Waals surface area (Å²) in [5.41, 5.74) is 2.85. The Morgan fingerprint density at radius 1 is 1.25 bits per heavy atom. The highest BCUT2D eigenvalue weighted by molar-refractivity contribution is 5.88. The van der Waals surface area contributed by atoms with Gasteiger partial charge in [0, 0.05) is 36.8 Å². The summed E-state index contributed by atoms with van der Waals surface area (Å²) >= 11 is 0. The third-order valence-electron chi connectivity index (χ3n) is 6.22. The second kappa shape index (κ2) is 9.54. The van der Waals surface area contributed by atoms with Crippen LogP contribution in [0, 0.1) is 17.8 Å². The van der Waals surface area contributed by atoms with E-state index in [-0.39, 0.29) is 49.4 Å². The SMILES string of the molecule is CC(C)CC#Cc1ccc([C@@H]2[C@H]3CN(C(=O)Cc4cccnc4)CC(=O)N3[C@H]2CO)cc1. The number of carbonyl (C=O) groups is 2. The topological polar surface area (TPSA) is 73.7 Å². The third-order valence-corrected chi connectivity index (χ3v) is 6.22. The molecule has 3 heterocycles. The van der Waals surface area contributed by atoms with Crippen molar-refractivity contribution >= 4 is 11.8 Å². The molecule has 0 saturated carbocycles. The molecule has 2 fully saturated rings. The number of hydrogen-bond donors (Lipinski definition) is 1. The van der Waals surface area contributed by atoms with E-state index < -0.39 is 0 Å². The Bertz CT molecular complexity index is 1020. The van der Waals surface area contributed by atoms with Crippen molar-refractivity contribution in [3.8, 4) is 11.8 Å². The lowest BCUT2D eigenvalue weighted by atomic mass is 9.73. The van der Waals surface area contributed by atoms with E-state index in [1.807, 2.05) is 30.3 Å². The third kappa shape index (κ3) is 4.53. The van der Waals surface area contributed by atoms with Gasteiger partial charge in [0.15, 0.2) is 0 Å². The number of fused-ring (bicyclic) bond motifs is 1. The molecule has 0 radical (unpaired) electrons. The molecule has 6 nitrogen and oxygen atoms in total. The molecule has 6 heteroatoms. The number of nitrogens with zero attached hydrogens (tertiary/aromatic N) is 3. The van der Waals surface area contributed by atoms with E-state index in [1.54, 1.807) is 28.3 Å². The molecule has 0 aliphatic carbocycles. The van der Waals surface area contributed by atoms with Crippen LogP contribution in [0.3, 0.4) is 0 Å².